The van der Waals surface area contributed by atoms with Crippen LogP contribution in [-0.4, -0.2) is 32.0 Å². The highest BCUT2D eigenvalue weighted by Crippen LogP contribution is 2.32. The van der Waals surface area contributed by atoms with Crippen LogP contribution in [0.25, 0.3) is 0 Å². The minimum Gasteiger partial charge on any atom is -0.488 e. The molecule has 2 saturated heterocycles. The largest absolute Gasteiger partial charge is 0.494 e. The van der Waals surface area contributed by atoms with Crippen molar-refractivity contribution in [2.24, 2.45) is 0 Å². The van der Waals surface area contributed by atoms with Gasteiger partial charge in [-0.1, -0.05) is 42.5 Å². The summed E-state index contributed by atoms with van der Waals surface area (Å²) in [7, 11) is -0.417. The van der Waals surface area contributed by atoms with E-state index >= 15 is 0 Å². The van der Waals surface area contributed by atoms with Crippen LogP contribution in [0.15, 0.2) is 48.5 Å². The van der Waals surface area contributed by atoms with Gasteiger partial charge in [-0.15, -0.1) is 0 Å². The highest BCUT2D eigenvalue weighted by atomic mass is 16.7. The van der Waals surface area contributed by atoms with E-state index in [0.717, 1.165) is 35.2 Å². The van der Waals surface area contributed by atoms with Crippen LogP contribution in [0, 0.1) is 0 Å². The molecule has 154 valence electrons. The Hall–Kier alpha value is -1.86. The number of benzene rings is 2. The summed E-state index contributed by atoms with van der Waals surface area (Å²) in [5.41, 5.74) is 2.70. The predicted molar refractivity (Wildman–Crippen MR) is 112 cm³/mol. The van der Waals surface area contributed by atoms with Gasteiger partial charge in [0.15, 0.2) is 6.29 Å². The molecule has 0 aliphatic carbocycles. The molecule has 1 atom stereocenters. The van der Waals surface area contributed by atoms with E-state index in [1.165, 1.54) is 0 Å². The van der Waals surface area contributed by atoms with E-state index < -0.39 is 13.4 Å². The zero-order valence-electron chi connectivity index (χ0n) is 17.4. The van der Waals surface area contributed by atoms with Crippen LogP contribution in [0.1, 0.15) is 51.0 Å². The fourth-order valence-electron chi connectivity index (χ4n) is 3.90. The smallest absolute Gasteiger partial charge is 0.488 e. The first-order valence-electron chi connectivity index (χ1n) is 10.4. The summed E-state index contributed by atoms with van der Waals surface area (Å²) in [4.78, 5) is 0. The molecule has 0 N–H and O–H groups in total. The lowest BCUT2D eigenvalue weighted by Gasteiger charge is -2.38. The molecule has 6 heteroatoms. The summed E-state index contributed by atoms with van der Waals surface area (Å²) in [6.07, 6.45) is 1.45. The zero-order valence-corrected chi connectivity index (χ0v) is 17.4. The van der Waals surface area contributed by atoms with Crippen molar-refractivity contribution < 1.29 is 23.5 Å². The van der Waals surface area contributed by atoms with Gasteiger partial charge in [-0.25, -0.2) is 0 Å². The first-order valence-corrected chi connectivity index (χ1v) is 10.4. The Labute approximate surface area is 173 Å². The molecule has 29 heavy (non-hydrogen) atoms. The summed E-state index contributed by atoms with van der Waals surface area (Å²) in [6.45, 7) is 8.12. The Morgan fingerprint density at radius 2 is 1.83 bits per heavy atom. The summed E-state index contributed by atoms with van der Waals surface area (Å²) < 4.78 is 30.2. The quantitative estimate of drug-likeness (QED) is 0.715. The topological polar surface area (TPSA) is 46.2 Å². The van der Waals surface area contributed by atoms with E-state index in [1.807, 2.05) is 36.4 Å². The van der Waals surface area contributed by atoms with Crippen molar-refractivity contribution in [1.82, 2.24) is 0 Å². The van der Waals surface area contributed by atoms with E-state index in [-0.39, 0.29) is 11.7 Å². The van der Waals surface area contributed by atoms with E-state index in [0.29, 0.717) is 19.8 Å². The molecular formula is C23H29BO5. The van der Waals surface area contributed by atoms with Gasteiger partial charge in [0.2, 0.25) is 0 Å². The normalized spacial score (nSPS) is 22.4. The molecule has 2 fully saturated rings. The Bertz CT molecular complexity index is 804. The fraction of sp³-hybridized carbons (Fsp3) is 0.478. The minimum absolute atomic E-state index is 0.128. The Balaban J connectivity index is 1.59. The lowest BCUT2D eigenvalue weighted by Crippen LogP contribution is -2.51. The third kappa shape index (κ3) is 5.20. The molecule has 0 amide bonds. The standard InChI is InChI=1S/C23H29BO5/c1-17-15-23(2,3)29-24(28-17)19-10-11-21(27-16-18-8-5-4-6-9-18)20(14-19)22-25-12-7-13-26-22/h4-6,8-11,14,17,22H,7,12-13,15-16H2,1-3H3. The monoisotopic (exact) mass is 396 g/mol. The molecule has 5 nitrogen and oxygen atoms in total. The van der Waals surface area contributed by atoms with Crippen molar-refractivity contribution in [3.63, 3.8) is 0 Å². The predicted octanol–water partition coefficient (Wildman–Crippen LogP) is 4.00. The molecule has 1 unspecified atom stereocenters. The van der Waals surface area contributed by atoms with Gasteiger partial charge in [0.05, 0.1) is 18.8 Å². The Morgan fingerprint density at radius 3 is 2.55 bits per heavy atom. The summed E-state index contributed by atoms with van der Waals surface area (Å²) in [6, 6.07) is 16.1. The molecule has 2 aliphatic heterocycles. The molecular weight excluding hydrogens is 367 g/mol. The van der Waals surface area contributed by atoms with Crippen LogP contribution in [-0.2, 0) is 25.4 Å². The first-order chi connectivity index (χ1) is 14.0. The molecule has 0 aromatic heterocycles. The van der Waals surface area contributed by atoms with E-state index in [4.69, 9.17) is 23.5 Å². The highest BCUT2D eigenvalue weighted by molar-refractivity contribution is 6.61. The van der Waals surface area contributed by atoms with Crippen molar-refractivity contribution in [1.29, 1.82) is 0 Å². The van der Waals surface area contributed by atoms with Crippen LogP contribution < -0.4 is 10.2 Å². The minimum atomic E-state index is -0.441. The van der Waals surface area contributed by atoms with Crippen LogP contribution in [0.2, 0.25) is 0 Å². The summed E-state index contributed by atoms with van der Waals surface area (Å²) in [5, 5.41) is 0. The third-order valence-electron chi connectivity index (χ3n) is 5.19. The van der Waals surface area contributed by atoms with Gasteiger partial charge >= 0.3 is 7.12 Å². The van der Waals surface area contributed by atoms with Gasteiger partial charge in [0, 0.05) is 11.7 Å². The third-order valence-corrected chi connectivity index (χ3v) is 5.19. The van der Waals surface area contributed by atoms with Crippen molar-refractivity contribution in [3.05, 3.63) is 59.7 Å². The second-order valence-electron chi connectivity index (χ2n) is 8.36. The number of ether oxygens (including phenoxy) is 3. The van der Waals surface area contributed by atoms with Gasteiger partial charge in [-0.05, 0) is 50.7 Å². The van der Waals surface area contributed by atoms with E-state index in [1.54, 1.807) is 0 Å². The van der Waals surface area contributed by atoms with Gasteiger partial charge in [-0.3, -0.25) is 0 Å². The van der Waals surface area contributed by atoms with Crippen molar-refractivity contribution in [3.8, 4) is 5.75 Å². The zero-order chi connectivity index (χ0) is 20.3. The molecule has 0 saturated carbocycles. The number of rotatable bonds is 5. The molecule has 0 radical (unpaired) electrons. The molecule has 0 bridgehead atoms. The average molecular weight is 396 g/mol. The molecule has 2 heterocycles. The average Bonchev–Trinajstić information content (AvgIpc) is 2.72. The molecule has 2 aromatic carbocycles. The highest BCUT2D eigenvalue weighted by Gasteiger charge is 2.38. The Morgan fingerprint density at radius 1 is 1.07 bits per heavy atom. The fourth-order valence-corrected chi connectivity index (χ4v) is 3.90. The van der Waals surface area contributed by atoms with Crippen LogP contribution in [0.3, 0.4) is 0 Å². The van der Waals surface area contributed by atoms with E-state index in [2.05, 4.69) is 32.9 Å². The lowest BCUT2D eigenvalue weighted by molar-refractivity contribution is -0.183. The second kappa shape index (κ2) is 8.88. The maximum Gasteiger partial charge on any atom is 0.494 e. The van der Waals surface area contributed by atoms with Crippen molar-refractivity contribution in [2.75, 3.05) is 13.2 Å². The van der Waals surface area contributed by atoms with Gasteiger partial charge in [0.25, 0.3) is 0 Å². The van der Waals surface area contributed by atoms with Gasteiger partial charge in [0.1, 0.15) is 12.4 Å². The number of hydrogen-bond donors (Lipinski definition) is 0. The summed E-state index contributed by atoms with van der Waals surface area (Å²) in [5.74, 6) is 0.757. The molecule has 2 aromatic rings. The molecule has 0 spiro atoms. The van der Waals surface area contributed by atoms with Gasteiger partial charge < -0.3 is 23.5 Å². The number of hydrogen-bond acceptors (Lipinski definition) is 5. The lowest BCUT2D eigenvalue weighted by atomic mass is 9.74. The Kier molecular flexibility index (Phi) is 6.25. The second-order valence-corrected chi connectivity index (χ2v) is 8.36. The molecule has 2 aliphatic rings. The maximum atomic E-state index is 6.20. The van der Waals surface area contributed by atoms with Crippen LogP contribution in [0.4, 0.5) is 0 Å². The van der Waals surface area contributed by atoms with Crippen molar-refractivity contribution in [2.45, 2.75) is 58.2 Å². The summed E-state index contributed by atoms with van der Waals surface area (Å²) >= 11 is 0. The van der Waals surface area contributed by atoms with Crippen LogP contribution in [0.5, 0.6) is 5.75 Å². The molecule has 4 rings (SSSR count). The van der Waals surface area contributed by atoms with Crippen LogP contribution >= 0.6 is 0 Å². The SMILES string of the molecule is CC1CC(C)(C)OB(c2ccc(OCc3ccccc3)c(C3OCCCO3)c2)O1. The maximum absolute atomic E-state index is 6.20. The first kappa shape index (κ1) is 20.4. The van der Waals surface area contributed by atoms with Gasteiger partial charge in [-0.2, -0.15) is 0 Å². The van der Waals surface area contributed by atoms with Crippen molar-refractivity contribution >= 4 is 12.6 Å². The van der Waals surface area contributed by atoms with E-state index in [9.17, 15) is 0 Å².